The van der Waals surface area contributed by atoms with Crippen molar-refractivity contribution >= 4 is 0 Å². The van der Waals surface area contributed by atoms with Crippen LogP contribution in [0.4, 0.5) is 8.78 Å². The second-order valence-corrected chi connectivity index (χ2v) is 4.35. The van der Waals surface area contributed by atoms with Crippen LogP contribution in [-0.2, 0) is 6.42 Å². The molecule has 0 aliphatic carbocycles. The van der Waals surface area contributed by atoms with E-state index in [4.69, 9.17) is 0 Å². The maximum atomic E-state index is 13.4. The average Bonchev–Trinajstić information content (AvgIpc) is 2.18. The highest BCUT2D eigenvalue weighted by atomic mass is 19.2. The fourth-order valence-electron chi connectivity index (χ4n) is 2.07. The predicted octanol–water partition coefficient (Wildman–Crippen LogP) is 2.51. The highest BCUT2D eigenvalue weighted by Crippen LogP contribution is 2.32. The van der Waals surface area contributed by atoms with Gasteiger partial charge >= 0.3 is 0 Å². The van der Waals surface area contributed by atoms with Crippen LogP contribution in [0.2, 0.25) is 0 Å². The van der Waals surface area contributed by atoms with E-state index >= 15 is 0 Å². The summed E-state index contributed by atoms with van der Waals surface area (Å²) in [6.45, 7) is 3.90. The van der Waals surface area contributed by atoms with Crippen LogP contribution in [0, 0.1) is 17.0 Å². The van der Waals surface area contributed by atoms with Crippen molar-refractivity contribution in [3.63, 3.8) is 0 Å². The van der Waals surface area contributed by atoms with Crippen LogP contribution in [-0.4, -0.2) is 13.1 Å². The number of nitrogens with one attached hydrogen (secondary N) is 1. The third-order valence-electron chi connectivity index (χ3n) is 3.35. The molecule has 82 valence electrons. The molecule has 1 fully saturated rings. The van der Waals surface area contributed by atoms with Gasteiger partial charge in [-0.2, -0.15) is 0 Å². The summed E-state index contributed by atoms with van der Waals surface area (Å²) in [5.41, 5.74) is 0.632. The van der Waals surface area contributed by atoms with E-state index < -0.39 is 11.6 Å². The third kappa shape index (κ3) is 1.88. The zero-order valence-electron chi connectivity index (χ0n) is 8.82. The van der Waals surface area contributed by atoms with Gasteiger partial charge in [0.15, 0.2) is 11.6 Å². The Morgan fingerprint density at radius 2 is 2.07 bits per heavy atom. The molecular formula is C12H15F2N. The molecule has 1 aromatic carbocycles. The molecule has 1 aliphatic rings. The molecule has 1 aromatic rings. The molecule has 0 saturated carbocycles. The second kappa shape index (κ2) is 3.89. The highest BCUT2D eigenvalue weighted by molar-refractivity contribution is 5.21. The lowest BCUT2D eigenvalue weighted by Crippen LogP contribution is -2.54. The number of hydrogen-bond donors (Lipinski definition) is 1. The summed E-state index contributed by atoms with van der Waals surface area (Å²) in [6, 6.07) is 4.41. The number of rotatable bonds is 3. The molecule has 1 aliphatic heterocycles. The fourth-order valence-corrected chi connectivity index (χ4v) is 2.07. The first-order valence-electron chi connectivity index (χ1n) is 5.30. The molecule has 0 atom stereocenters. The zero-order valence-corrected chi connectivity index (χ0v) is 8.82. The maximum Gasteiger partial charge on any atom is 0.162 e. The number of benzene rings is 1. The van der Waals surface area contributed by atoms with Crippen LogP contribution in [0.5, 0.6) is 0 Å². The molecule has 2 rings (SSSR count). The highest BCUT2D eigenvalue weighted by Gasteiger charge is 2.35. The van der Waals surface area contributed by atoms with Crippen molar-refractivity contribution in [1.29, 1.82) is 0 Å². The SMILES string of the molecule is CCC1(Cc2cccc(F)c2F)CNC1. The van der Waals surface area contributed by atoms with Crippen molar-refractivity contribution in [2.24, 2.45) is 5.41 Å². The molecule has 15 heavy (non-hydrogen) atoms. The van der Waals surface area contributed by atoms with Crippen molar-refractivity contribution in [2.75, 3.05) is 13.1 Å². The Bertz CT molecular complexity index is 353. The molecule has 1 saturated heterocycles. The topological polar surface area (TPSA) is 12.0 Å². The lowest BCUT2D eigenvalue weighted by atomic mass is 9.74. The van der Waals surface area contributed by atoms with Gasteiger partial charge in [-0.25, -0.2) is 8.78 Å². The second-order valence-electron chi connectivity index (χ2n) is 4.35. The summed E-state index contributed by atoms with van der Waals surface area (Å²) in [5.74, 6) is -1.43. The summed E-state index contributed by atoms with van der Waals surface area (Å²) >= 11 is 0. The average molecular weight is 211 g/mol. The van der Waals surface area contributed by atoms with E-state index in [1.54, 1.807) is 12.1 Å². The summed E-state index contributed by atoms with van der Waals surface area (Å²) in [4.78, 5) is 0. The van der Waals surface area contributed by atoms with Crippen LogP contribution in [0.1, 0.15) is 18.9 Å². The van der Waals surface area contributed by atoms with Gasteiger partial charge in [0.2, 0.25) is 0 Å². The van der Waals surface area contributed by atoms with Gasteiger partial charge in [0.1, 0.15) is 0 Å². The molecule has 0 amide bonds. The molecule has 0 radical (unpaired) electrons. The van der Waals surface area contributed by atoms with Gasteiger partial charge in [-0.15, -0.1) is 0 Å². The van der Waals surface area contributed by atoms with E-state index in [2.05, 4.69) is 12.2 Å². The van der Waals surface area contributed by atoms with Crippen molar-refractivity contribution in [3.8, 4) is 0 Å². The summed E-state index contributed by atoms with van der Waals surface area (Å²) in [7, 11) is 0. The molecule has 1 heterocycles. The Hall–Kier alpha value is -0.960. The Labute approximate surface area is 88.5 Å². The summed E-state index contributed by atoms with van der Waals surface area (Å²) < 4.78 is 26.4. The van der Waals surface area contributed by atoms with E-state index in [0.717, 1.165) is 25.6 Å². The van der Waals surface area contributed by atoms with Gasteiger partial charge in [0.05, 0.1) is 0 Å². The van der Waals surface area contributed by atoms with E-state index in [1.165, 1.54) is 0 Å². The monoisotopic (exact) mass is 211 g/mol. The van der Waals surface area contributed by atoms with Gasteiger partial charge in [0, 0.05) is 13.1 Å². The Morgan fingerprint density at radius 1 is 1.33 bits per heavy atom. The first kappa shape index (κ1) is 10.6. The van der Waals surface area contributed by atoms with Gasteiger partial charge in [-0.3, -0.25) is 0 Å². The van der Waals surface area contributed by atoms with E-state index in [9.17, 15) is 8.78 Å². The molecule has 0 spiro atoms. The first-order valence-corrected chi connectivity index (χ1v) is 5.30. The summed E-state index contributed by atoms with van der Waals surface area (Å²) in [6.07, 6.45) is 1.62. The minimum atomic E-state index is -0.744. The quantitative estimate of drug-likeness (QED) is 0.810. The number of hydrogen-bond acceptors (Lipinski definition) is 1. The Balaban J connectivity index is 2.20. The molecule has 3 heteroatoms. The number of halogens is 2. The molecule has 0 aromatic heterocycles. The fraction of sp³-hybridized carbons (Fsp3) is 0.500. The van der Waals surface area contributed by atoms with Crippen LogP contribution >= 0.6 is 0 Å². The standard InChI is InChI=1S/C12H15F2N/c1-2-12(7-15-8-12)6-9-4-3-5-10(13)11(9)14/h3-5,15H,2,6-8H2,1H3. The summed E-state index contributed by atoms with van der Waals surface area (Å²) in [5, 5.41) is 3.19. The Morgan fingerprint density at radius 3 is 2.60 bits per heavy atom. The van der Waals surface area contributed by atoms with Crippen LogP contribution in [0.3, 0.4) is 0 Å². The van der Waals surface area contributed by atoms with Crippen molar-refractivity contribution < 1.29 is 8.78 Å². The van der Waals surface area contributed by atoms with E-state index in [0.29, 0.717) is 12.0 Å². The van der Waals surface area contributed by atoms with Crippen LogP contribution in [0.25, 0.3) is 0 Å². The van der Waals surface area contributed by atoms with Crippen molar-refractivity contribution in [1.82, 2.24) is 5.32 Å². The minimum absolute atomic E-state index is 0.134. The van der Waals surface area contributed by atoms with Gasteiger partial charge in [-0.05, 0) is 29.9 Å². The molecule has 1 N–H and O–H groups in total. The minimum Gasteiger partial charge on any atom is -0.316 e. The largest absolute Gasteiger partial charge is 0.316 e. The van der Waals surface area contributed by atoms with Gasteiger partial charge < -0.3 is 5.32 Å². The zero-order chi connectivity index (χ0) is 10.9. The molecule has 0 unspecified atom stereocenters. The van der Waals surface area contributed by atoms with Crippen molar-refractivity contribution in [3.05, 3.63) is 35.4 Å². The van der Waals surface area contributed by atoms with Gasteiger partial charge in [-0.1, -0.05) is 19.1 Å². The predicted molar refractivity (Wildman–Crippen MR) is 55.7 cm³/mol. The van der Waals surface area contributed by atoms with E-state index in [-0.39, 0.29) is 5.41 Å². The Kier molecular flexibility index (Phi) is 2.74. The third-order valence-corrected chi connectivity index (χ3v) is 3.35. The smallest absolute Gasteiger partial charge is 0.162 e. The molecule has 1 nitrogen and oxygen atoms in total. The lowest BCUT2D eigenvalue weighted by Gasteiger charge is -2.42. The lowest BCUT2D eigenvalue weighted by molar-refractivity contribution is 0.158. The van der Waals surface area contributed by atoms with Crippen LogP contribution in [0.15, 0.2) is 18.2 Å². The van der Waals surface area contributed by atoms with Gasteiger partial charge in [0.25, 0.3) is 0 Å². The van der Waals surface area contributed by atoms with Crippen LogP contribution < -0.4 is 5.32 Å². The molecule has 0 bridgehead atoms. The first-order chi connectivity index (χ1) is 7.17. The van der Waals surface area contributed by atoms with E-state index in [1.807, 2.05) is 0 Å². The van der Waals surface area contributed by atoms with Crippen molar-refractivity contribution in [2.45, 2.75) is 19.8 Å². The maximum absolute atomic E-state index is 13.4. The molecular weight excluding hydrogens is 196 g/mol. The normalized spacial score (nSPS) is 18.6.